The molecule has 3 aromatic heterocycles. The van der Waals surface area contributed by atoms with Crippen LogP contribution < -0.4 is 19.5 Å². The van der Waals surface area contributed by atoms with Crippen molar-refractivity contribution in [2.45, 2.75) is 83.2 Å². The van der Waals surface area contributed by atoms with Gasteiger partial charge in [0.25, 0.3) is 15.9 Å². The summed E-state index contributed by atoms with van der Waals surface area (Å²) in [4.78, 5) is 20.2. The van der Waals surface area contributed by atoms with E-state index < -0.39 is 47.7 Å². The van der Waals surface area contributed by atoms with Crippen LogP contribution in [-0.2, 0) is 17.1 Å². The molecular formula is C29H41ClF3N7O4SSi. The smallest absolute Gasteiger partial charge is 0.397 e. The molecule has 4 heterocycles. The lowest BCUT2D eigenvalue weighted by atomic mass is 9.79. The number of halogens is 4. The first-order chi connectivity index (χ1) is 21.1. The zero-order valence-electron chi connectivity index (χ0n) is 27.2. The highest BCUT2D eigenvalue weighted by atomic mass is 35.5. The Hall–Kier alpha value is -3.11. The summed E-state index contributed by atoms with van der Waals surface area (Å²) in [5, 5.41) is 11.1. The third kappa shape index (κ3) is 7.38. The van der Waals surface area contributed by atoms with Gasteiger partial charge in [0.15, 0.2) is 0 Å². The molecule has 1 fully saturated rings. The molecule has 0 bridgehead atoms. The minimum absolute atomic E-state index is 0.0200. The van der Waals surface area contributed by atoms with Crippen molar-refractivity contribution in [1.82, 2.24) is 29.7 Å². The molecule has 1 aliphatic heterocycles. The molecule has 254 valence electrons. The number of aromatic amines is 1. The summed E-state index contributed by atoms with van der Waals surface area (Å²) in [6.07, 6.45) is -1.60. The molecule has 1 aliphatic rings. The van der Waals surface area contributed by atoms with Crippen molar-refractivity contribution in [3.8, 4) is 5.88 Å². The van der Waals surface area contributed by atoms with Gasteiger partial charge in [-0.05, 0) is 57.2 Å². The number of aryl methyl sites for hydroxylation is 2. The van der Waals surface area contributed by atoms with Gasteiger partial charge in [0.1, 0.15) is 22.5 Å². The topological polar surface area (TPSA) is 135 Å². The van der Waals surface area contributed by atoms with E-state index in [9.17, 15) is 26.4 Å². The summed E-state index contributed by atoms with van der Waals surface area (Å²) < 4.78 is 79.0. The largest absolute Gasteiger partial charge is 0.477 e. The second-order valence-corrected chi connectivity index (χ2v) is 20.9. The first-order valence-electron chi connectivity index (χ1n) is 14.8. The molecule has 0 spiro atoms. The molecule has 0 radical (unpaired) electrons. The van der Waals surface area contributed by atoms with Crippen LogP contribution in [0, 0.1) is 18.3 Å². The molecule has 1 saturated heterocycles. The number of pyridine rings is 1. The van der Waals surface area contributed by atoms with Gasteiger partial charge in [0.05, 0.1) is 30.9 Å². The van der Waals surface area contributed by atoms with E-state index in [0.717, 1.165) is 6.92 Å². The summed E-state index contributed by atoms with van der Waals surface area (Å²) in [7, 11) is -4.95. The normalized spacial score (nSPS) is 20.5. The molecular weight excluding hydrogens is 663 g/mol. The number of amides is 1. The van der Waals surface area contributed by atoms with Crippen molar-refractivity contribution < 1.29 is 31.1 Å². The second-order valence-electron chi connectivity index (χ2n) is 13.8. The van der Waals surface area contributed by atoms with Crippen LogP contribution in [0.25, 0.3) is 0 Å². The zero-order valence-corrected chi connectivity index (χ0v) is 29.8. The first-order valence-corrected chi connectivity index (χ1v) is 20.2. The molecule has 0 aromatic carbocycles. The Bertz CT molecular complexity index is 1700. The number of anilines is 1. The van der Waals surface area contributed by atoms with Gasteiger partial charge in [-0.3, -0.25) is 9.48 Å². The summed E-state index contributed by atoms with van der Waals surface area (Å²) in [5.74, 6) is -0.640. The van der Waals surface area contributed by atoms with Crippen molar-refractivity contribution >= 4 is 46.6 Å². The summed E-state index contributed by atoms with van der Waals surface area (Å²) >= 11 is 6.71. The fraction of sp³-hybridized carbons (Fsp3) is 0.586. The lowest BCUT2D eigenvalue weighted by Crippen LogP contribution is -2.48. The highest BCUT2D eigenvalue weighted by molar-refractivity contribution is 7.90. The van der Waals surface area contributed by atoms with Crippen molar-refractivity contribution in [2.24, 2.45) is 18.4 Å². The number of carbonyl (C=O) groups excluding carboxylic acids is 1. The van der Waals surface area contributed by atoms with Crippen LogP contribution in [0.1, 0.15) is 56.1 Å². The van der Waals surface area contributed by atoms with E-state index in [0.29, 0.717) is 18.2 Å². The Morgan fingerprint density at radius 3 is 2.52 bits per heavy atom. The van der Waals surface area contributed by atoms with E-state index in [2.05, 4.69) is 25.0 Å². The van der Waals surface area contributed by atoms with E-state index in [4.69, 9.17) is 16.3 Å². The van der Waals surface area contributed by atoms with E-state index in [1.165, 1.54) is 30.1 Å². The molecule has 1 amide bonds. The second kappa shape index (κ2) is 12.5. The number of nitrogens with zero attached hydrogens (tertiary/aromatic N) is 5. The molecule has 0 aliphatic carbocycles. The molecule has 3 atom stereocenters. The number of carbonyl (C=O) groups is 1. The maximum atomic E-state index is 14.5. The van der Waals surface area contributed by atoms with Crippen molar-refractivity contribution in [1.29, 1.82) is 0 Å². The third-order valence-electron chi connectivity index (χ3n) is 8.60. The molecule has 11 nitrogen and oxygen atoms in total. The third-order valence-corrected chi connectivity index (χ3v) is 12.5. The summed E-state index contributed by atoms with van der Waals surface area (Å²) in [6, 6.07) is 3.03. The molecule has 3 aromatic rings. The van der Waals surface area contributed by atoms with Gasteiger partial charge in [-0.15, -0.1) is 0 Å². The average Bonchev–Trinajstić information content (AvgIpc) is 3.63. The molecule has 46 heavy (non-hydrogen) atoms. The van der Waals surface area contributed by atoms with Crippen molar-refractivity contribution in [3.63, 3.8) is 0 Å². The summed E-state index contributed by atoms with van der Waals surface area (Å²) in [5.41, 5.74) is -2.90. The first kappa shape index (κ1) is 35.7. The maximum absolute atomic E-state index is 14.5. The van der Waals surface area contributed by atoms with E-state index in [1.807, 2.05) is 33.5 Å². The average molecular weight is 704 g/mol. The quantitative estimate of drug-likeness (QED) is 0.206. The SMILES string of the molecule is Cc1nn(C)cc1S(=O)(=O)NC(=O)c1cc([Si](C)(C)C)c(Cl)nc1N1C[C@@H](C)CC1(C)CCC(C)(COc1ccn[nH]1)C(F)(F)F. The van der Waals surface area contributed by atoms with Gasteiger partial charge in [-0.25, -0.2) is 23.2 Å². The van der Waals surface area contributed by atoms with Crippen LogP contribution in [0.15, 0.2) is 29.4 Å². The van der Waals surface area contributed by atoms with Crippen LogP contribution >= 0.6 is 11.6 Å². The number of ether oxygens (including phenoxy) is 1. The van der Waals surface area contributed by atoms with Crippen LogP contribution in [0.4, 0.5) is 19.0 Å². The maximum Gasteiger partial charge on any atom is 0.397 e. The van der Waals surface area contributed by atoms with Crippen LogP contribution in [0.2, 0.25) is 24.8 Å². The number of sulfonamides is 1. The molecule has 2 N–H and O–H groups in total. The molecule has 4 rings (SSSR count). The predicted molar refractivity (Wildman–Crippen MR) is 172 cm³/mol. The Morgan fingerprint density at radius 2 is 1.98 bits per heavy atom. The Kier molecular flexibility index (Phi) is 9.70. The predicted octanol–water partition coefficient (Wildman–Crippen LogP) is 5.20. The van der Waals surface area contributed by atoms with E-state index >= 15 is 0 Å². The lowest BCUT2D eigenvalue weighted by Gasteiger charge is -2.40. The summed E-state index contributed by atoms with van der Waals surface area (Å²) in [6.45, 7) is 12.2. The van der Waals surface area contributed by atoms with Gasteiger partial charge in [-0.1, -0.05) is 38.2 Å². The highest BCUT2D eigenvalue weighted by Crippen LogP contribution is 2.47. The minimum atomic E-state index is -4.58. The van der Waals surface area contributed by atoms with Gasteiger partial charge >= 0.3 is 6.18 Å². The van der Waals surface area contributed by atoms with Crippen LogP contribution in [-0.4, -0.2) is 72.2 Å². The number of aromatic nitrogens is 5. The molecule has 2 unspecified atom stereocenters. The van der Waals surface area contributed by atoms with Gasteiger partial charge in [0.2, 0.25) is 5.88 Å². The minimum Gasteiger partial charge on any atom is -0.477 e. The fourth-order valence-corrected chi connectivity index (χ4v) is 9.31. The van der Waals surface area contributed by atoms with Crippen molar-refractivity contribution in [3.05, 3.63) is 40.9 Å². The molecule has 17 heteroatoms. The highest BCUT2D eigenvalue weighted by Gasteiger charge is 2.53. The number of alkyl halides is 3. The lowest BCUT2D eigenvalue weighted by molar-refractivity contribution is -0.230. The Labute approximate surface area is 273 Å². The fourth-order valence-electron chi connectivity index (χ4n) is 5.89. The molecule has 0 saturated carbocycles. The Balaban J connectivity index is 1.73. The van der Waals surface area contributed by atoms with E-state index in [1.54, 1.807) is 18.0 Å². The van der Waals surface area contributed by atoms with Crippen LogP contribution in [0.3, 0.4) is 0 Å². The Morgan fingerprint density at radius 1 is 1.30 bits per heavy atom. The number of hydrogen-bond donors (Lipinski definition) is 2. The number of rotatable bonds is 11. The standard InChI is InChI=1S/C29H41ClF3N7O4SSi/c1-18-14-28(4,11-10-27(3,29(31,32)33)17-44-23-9-12-34-36-23)40(15-18)25-20(13-22(24(30)35-25)46(6,7)8)26(41)38-45(42,43)21-16-39(5)37-19(21)2/h9,12-13,16,18H,10-11,14-15,17H2,1-8H3,(H,34,36)(H,38,41)/t18-,27?,28?/m0/s1. The number of hydrogen-bond acceptors (Lipinski definition) is 8. The number of H-pyrrole nitrogens is 1. The van der Waals surface area contributed by atoms with Gasteiger partial charge in [0, 0.05) is 31.4 Å². The van der Waals surface area contributed by atoms with Gasteiger partial charge in [-0.2, -0.15) is 23.4 Å². The van der Waals surface area contributed by atoms with E-state index in [-0.39, 0.29) is 51.8 Å². The zero-order chi connectivity index (χ0) is 34.5. The monoisotopic (exact) mass is 703 g/mol. The number of nitrogens with one attached hydrogen (secondary N) is 2. The van der Waals surface area contributed by atoms with Gasteiger partial charge < -0.3 is 9.64 Å². The van der Waals surface area contributed by atoms with Crippen molar-refractivity contribution in [2.75, 3.05) is 18.1 Å². The van der Waals surface area contributed by atoms with Crippen LogP contribution in [0.5, 0.6) is 5.88 Å².